The Morgan fingerprint density at radius 3 is 2.57 bits per heavy atom. The van der Waals surface area contributed by atoms with Crippen molar-refractivity contribution in [3.63, 3.8) is 0 Å². The second-order valence-electron chi connectivity index (χ2n) is 4.40. The van der Waals surface area contributed by atoms with E-state index in [1.807, 2.05) is 12.1 Å². The fourth-order valence-electron chi connectivity index (χ4n) is 1.67. The van der Waals surface area contributed by atoms with Gasteiger partial charge in [0.15, 0.2) is 5.13 Å². The van der Waals surface area contributed by atoms with Crippen LogP contribution in [0.1, 0.15) is 18.9 Å². The largest absolute Gasteiger partial charge is 0.313 e. The van der Waals surface area contributed by atoms with Crippen LogP contribution in [0, 0.1) is 0 Å². The van der Waals surface area contributed by atoms with Gasteiger partial charge in [-0.15, -0.1) is 0 Å². The maximum absolute atomic E-state index is 12.2. The molecule has 0 unspecified atom stereocenters. The lowest BCUT2D eigenvalue weighted by Gasteiger charge is -2.07. The quantitative estimate of drug-likeness (QED) is 0.713. The van der Waals surface area contributed by atoms with Gasteiger partial charge in [-0.2, -0.15) is 0 Å². The Hall–Kier alpha value is -0.960. The molecule has 0 aliphatic carbocycles. The average molecular weight is 390 g/mol. The van der Waals surface area contributed by atoms with E-state index in [4.69, 9.17) is 0 Å². The first-order valence-electron chi connectivity index (χ1n) is 6.45. The molecule has 0 bridgehead atoms. The molecule has 0 amide bonds. The first kappa shape index (κ1) is 16.4. The van der Waals surface area contributed by atoms with E-state index in [9.17, 15) is 8.42 Å². The van der Waals surface area contributed by atoms with E-state index in [-0.39, 0.29) is 4.90 Å². The highest BCUT2D eigenvalue weighted by atomic mass is 79.9. The number of nitrogens with zero attached hydrogens (tertiary/aromatic N) is 1. The van der Waals surface area contributed by atoms with E-state index in [1.54, 1.807) is 18.3 Å². The summed E-state index contributed by atoms with van der Waals surface area (Å²) < 4.78 is 27.7. The zero-order valence-corrected chi connectivity index (χ0v) is 14.7. The number of rotatable bonds is 7. The third-order valence-corrected chi connectivity index (χ3v) is 5.56. The number of halogens is 1. The van der Waals surface area contributed by atoms with E-state index in [0.29, 0.717) is 5.13 Å². The molecule has 21 heavy (non-hydrogen) atoms. The first-order chi connectivity index (χ1) is 10.0. The number of thiazole rings is 1. The summed E-state index contributed by atoms with van der Waals surface area (Å²) in [5.74, 6) is 0. The summed E-state index contributed by atoms with van der Waals surface area (Å²) in [6.07, 6.45) is 2.63. The van der Waals surface area contributed by atoms with Crippen molar-refractivity contribution in [3.05, 3.63) is 39.8 Å². The van der Waals surface area contributed by atoms with Gasteiger partial charge in [0.1, 0.15) is 0 Å². The number of hydrogen-bond donors (Lipinski definition) is 2. The molecule has 0 atom stereocenters. The van der Waals surface area contributed by atoms with Crippen molar-refractivity contribution >= 4 is 42.4 Å². The molecule has 5 nitrogen and oxygen atoms in total. The molecule has 0 aliphatic heterocycles. The Bertz CT molecular complexity index is 684. The van der Waals surface area contributed by atoms with Gasteiger partial charge in [-0.25, -0.2) is 13.4 Å². The minimum Gasteiger partial charge on any atom is -0.313 e. The van der Waals surface area contributed by atoms with Crippen LogP contribution in [-0.2, 0) is 16.6 Å². The summed E-state index contributed by atoms with van der Waals surface area (Å²) in [5.41, 5.74) is 1.05. The molecule has 0 spiro atoms. The van der Waals surface area contributed by atoms with Crippen molar-refractivity contribution in [2.75, 3.05) is 11.3 Å². The molecule has 2 aromatic rings. The molecule has 0 saturated carbocycles. The number of nitrogens with one attached hydrogen (secondary N) is 2. The van der Waals surface area contributed by atoms with E-state index < -0.39 is 10.0 Å². The van der Waals surface area contributed by atoms with E-state index >= 15 is 0 Å². The Labute approximate surface area is 137 Å². The Morgan fingerprint density at radius 1 is 1.29 bits per heavy atom. The molecule has 0 radical (unpaired) electrons. The highest BCUT2D eigenvalue weighted by Gasteiger charge is 2.15. The van der Waals surface area contributed by atoms with Crippen LogP contribution in [0.4, 0.5) is 5.13 Å². The van der Waals surface area contributed by atoms with Crippen LogP contribution < -0.4 is 10.0 Å². The van der Waals surface area contributed by atoms with E-state index in [1.165, 1.54) is 11.3 Å². The minimum absolute atomic E-state index is 0.230. The molecule has 0 aliphatic rings. The van der Waals surface area contributed by atoms with Crippen LogP contribution >= 0.6 is 27.3 Å². The summed E-state index contributed by atoms with van der Waals surface area (Å²) in [7, 11) is -3.59. The lowest BCUT2D eigenvalue weighted by atomic mass is 10.2. The Kier molecular flexibility index (Phi) is 5.74. The van der Waals surface area contributed by atoms with E-state index in [2.05, 4.69) is 37.9 Å². The molecule has 0 fully saturated rings. The number of aromatic nitrogens is 1. The monoisotopic (exact) mass is 389 g/mol. The molecule has 1 heterocycles. The summed E-state index contributed by atoms with van der Waals surface area (Å²) in [5, 5.41) is 3.62. The highest BCUT2D eigenvalue weighted by molar-refractivity contribution is 9.11. The first-order valence-corrected chi connectivity index (χ1v) is 9.54. The third-order valence-electron chi connectivity index (χ3n) is 2.69. The van der Waals surface area contributed by atoms with Crippen LogP contribution in [0.15, 0.2) is 39.1 Å². The van der Waals surface area contributed by atoms with Crippen LogP contribution in [-0.4, -0.2) is 19.9 Å². The van der Waals surface area contributed by atoms with Crippen LogP contribution in [0.3, 0.4) is 0 Å². The summed E-state index contributed by atoms with van der Waals surface area (Å²) in [6, 6.07) is 6.84. The summed E-state index contributed by atoms with van der Waals surface area (Å²) in [4.78, 5) is 4.19. The number of benzene rings is 1. The Morgan fingerprint density at radius 2 is 2.00 bits per heavy atom. The van der Waals surface area contributed by atoms with Crippen molar-refractivity contribution in [2.45, 2.75) is 24.8 Å². The average Bonchev–Trinajstić information content (AvgIpc) is 2.84. The lowest BCUT2D eigenvalue weighted by Crippen LogP contribution is -2.15. The second kappa shape index (κ2) is 7.35. The zero-order valence-electron chi connectivity index (χ0n) is 11.5. The van der Waals surface area contributed by atoms with E-state index in [0.717, 1.165) is 28.9 Å². The van der Waals surface area contributed by atoms with Crippen LogP contribution in [0.2, 0.25) is 0 Å². The predicted molar refractivity (Wildman–Crippen MR) is 89.1 cm³/mol. The van der Waals surface area contributed by atoms with Gasteiger partial charge < -0.3 is 5.32 Å². The molecular weight excluding hydrogens is 374 g/mol. The molecule has 114 valence electrons. The molecule has 1 aromatic carbocycles. The van der Waals surface area contributed by atoms with Crippen molar-refractivity contribution in [1.82, 2.24) is 10.3 Å². The number of sulfonamides is 1. The van der Waals surface area contributed by atoms with Gasteiger partial charge in [-0.3, -0.25) is 4.72 Å². The normalized spacial score (nSPS) is 11.5. The number of hydrogen-bond acceptors (Lipinski definition) is 5. The summed E-state index contributed by atoms with van der Waals surface area (Å²) >= 11 is 4.48. The van der Waals surface area contributed by atoms with Crippen LogP contribution in [0.5, 0.6) is 0 Å². The van der Waals surface area contributed by atoms with Gasteiger partial charge >= 0.3 is 0 Å². The smallest absolute Gasteiger partial charge is 0.263 e. The van der Waals surface area contributed by atoms with Gasteiger partial charge in [0, 0.05) is 6.54 Å². The SMILES string of the molecule is CCCNCc1ccc(S(=O)(=O)Nc2ncc(Br)s2)cc1. The molecule has 2 rings (SSSR count). The molecule has 1 aromatic heterocycles. The van der Waals surface area contributed by atoms with Crippen molar-refractivity contribution in [1.29, 1.82) is 0 Å². The number of anilines is 1. The fraction of sp³-hybridized carbons (Fsp3) is 0.308. The second-order valence-corrected chi connectivity index (χ2v) is 8.49. The van der Waals surface area contributed by atoms with Crippen molar-refractivity contribution in [2.24, 2.45) is 0 Å². The molecule has 0 saturated heterocycles. The molecular formula is C13H16BrN3O2S2. The molecule has 8 heteroatoms. The van der Waals surface area contributed by atoms with Gasteiger partial charge in [0.2, 0.25) is 0 Å². The standard InChI is InChI=1S/C13H16BrN3O2S2/c1-2-7-15-8-10-3-5-11(6-4-10)21(18,19)17-13-16-9-12(14)20-13/h3-6,9,15H,2,7-8H2,1H3,(H,16,17). The minimum atomic E-state index is -3.59. The third kappa shape index (κ3) is 4.77. The van der Waals surface area contributed by atoms with Gasteiger partial charge in [0.25, 0.3) is 10.0 Å². The van der Waals surface area contributed by atoms with Crippen molar-refractivity contribution < 1.29 is 8.42 Å². The highest BCUT2D eigenvalue weighted by Crippen LogP contribution is 2.25. The van der Waals surface area contributed by atoms with Crippen molar-refractivity contribution in [3.8, 4) is 0 Å². The topological polar surface area (TPSA) is 71.1 Å². The van der Waals surface area contributed by atoms with Gasteiger partial charge in [-0.1, -0.05) is 30.4 Å². The summed E-state index contributed by atoms with van der Waals surface area (Å²) in [6.45, 7) is 3.78. The maximum Gasteiger partial charge on any atom is 0.263 e. The lowest BCUT2D eigenvalue weighted by molar-refractivity contribution is 0.601. The predicted octanol–water partition coefficient (Wildman–Crippen LogP) is 3.21. The molecule has 2 N–H and O–H groups in total. The van der Waals surface area contributed by atoms with Gasteiger partial charge in [-0.05, 0) is 46.6 Å². The zero-order chi connectivity index (χ0) is 15.3. The fourth-order valence-corrected chi connectivity index (χ4v) is 4.02. The van der Waals surface area contributed by atoms with Crippen LogP contribution in [0.25, 0.3) is 0 Å². The maximum atomic E-state index is 12.2. The van der Waals surface area contributed by atoms with Gasteiger partial charge in [0.05, 0.1) is 14.9 Å². The Balaban J connectivity index is 2.06.